The molecular formula is C10H18N2O5S. The van der Waals surface area contributed by atoms with Crippen molar-refractivity contribution >= 4 is 30.8 Å². The summed E-state index contributed by atoms with van der Waals surface area (Å²) >= 11 is 4.01. The maximum atomic E-state index is 11.2. The van der Waals surface area contributed by atoms with Crippen molar-refractivity contribution in [3.63, 3.8) is 0 Å². The highest BCUT2D eigenvalue weighted by molar-refractivity contribution is 7.80. The molecule has 3 N–H and O–H groups in total. The lowest BCUT2D eigenvalue weighted by atomic mass is 10.2. The molecule has 1 atom stereocenters. The molecule has 0 heterocycles. The summed E-state index contributed by atoms with van der Waals surface area (Å²) in [4.78, 5) is 37.7. The molecule has 7 nitrogen and oxygen atoms in total. The van der Waals surface area contributed by atoms with Gasteiger partial charge in [0.05, 0.1) is 0 Å². The fourth-order valence-electron chi connectivity index (χ4n) is 0.968. The van der Waals surface area contributed by atoms with Crippen LogP contribution in [0.5, 0.6) is 0 Å². The summed E-state index contributed by atoms with van der Waals surface area (Å²) in [6, 6.07) is -0.383. The van der Waals surface area contributed by atoms with Gasteiger partial charge in [-0.15, -0.1) is 0 Å². The Morgan fingerprint density at radius 2 is 1.94 bits per heavy atom. The normalized spacial score (nSPS) is 10.3. The van der Waals surface area contributed by atoms with Crippen molar-refractivity contribution in [3.8, 4) is 0 Å². The number of carboxylic acids is 1. The molecular weight excluding hydrogens is 260 g/mol. The molecule has 0 aliphatic rings. The van der Waals surface area contributed by atoms with E-state index in [0.29, 0.717) is 13.0 Å². The number of hydrogen-bond donors (Lipinski definition) is 4. The van der Waals surface area contributed by atoms with Gasteiger partial charge < -0.3 is 15.7 Å². The Balaban J connectivity index is 0. The molecule has 0 rings (SSSR count). The minimum absolute atomic E-state index is 0.0675. The monoisotopic (exact) mass is 278 g/mol. The summed E-state index contributed by atoms with van der Waals surface area (Å²) in [5, 5.41) is 13.7. The van der Waals surface area contributed by atoms with E-state index < -0.39 is 5.97 Å². The Morgan fingerprint density at radius 3 is 2.39 bits per heavy atom. The Kier molecular flexibility index (Phi) is 14.2. The molecule has 0 saturated carbocycles. The molecule has 0 spiro atoms. The quantitative estimate of drug-likeness (QED) is 0.394. The Hall–Kier alpha value is -1.53. The lowest BCUT2D eigenvalue weighted by molar-refractivity contribution is -0.191. The number of aliphatic carboxylic acids is 1. The summed E-state index contributed by atoms with van der Waals surface area (Å²) in [6.07, 6.45) is 1.58. The molecule has 0 saturated heterocycles. The number of carbonyl (C=O) groups excluding carboxylic acids is 3. The Labute approximate surface area is 111 Å². The van der Waals surface area contributed by atoms with Gasteiger partial charge in [-0.1, -0.05) is 0 Å². The molecule has 2 amide bonds. The van der Waals surface area contributed by atoms with Crippen molar-refractivity contribution < 1.29 is 24.3 Å². The number of amides is 2. The van der Waals surface area contributed by atoms with E-state index >= 15 is 0 Å². The molecule has 104 valence electrons. The van der Waals surface area contributed by atoms with Gasteiger partial charge in [0, 0.05) is 19.0 Å². The van der Waals surface area contributed by atoms with Gasteiger partial charge in [-0.3, -0.25) is 4.79 Å². The summed E-state index contributed by atoms with van der Waals surface area (Å²) < 4.78 is 0. The number of rotatable bonds is 7. The first-order chi connectivity index (χ1) is 8.47. The van der Waals surface area contributed by atoms with Gasteiger partial charge in [0.25, 0.3) is 0 Å². The van der Waals surface area contributed by atoms with Crippen molar-refractivity contribution in [2.24, 2.45) is 0 Å². The molecule has 0 aromatic rings. The number of nitrogens with one attached hydrogen (secondary N) is 2. The molecule has 0 aliphatic heterocycles. The summed E-state index contributed by atoms with van der Waals surface area (Å²) in [5.74, 6) is -0.117. The number of carbonyl (C=O) groups is 2. The Bertz CT molecular complexity index is 279. The predicted molar refractivity (Wildman–Crippen MR) is 66.3 cm³/mol. The molecule has 0 aliphatic carbocycles. The van der Waals surface area contributed by atoms with Gasteiger partial charge in [0.15, 0.2) is 0 Å². The van der Waals surface area contributed by atoms with Crippen molar-refractivity contribution in [1.29, 1.82) is 0 Å². The topological polar surface area (TPSA) is 113 Å². The predicted octanol–water partition coefficient (Wildman–Crippen LogP) is 0.275. The van der Waals surface area contributed by atoms with Crippen LogP contribution in [0.4, 0.5) is 4.79 Å². The molecule has 0 radical (unpaired) electrons. The standard InChI is InChI=1S/C9H18N2O3S.CO2/c1-7(3-4-8(12)13)11-9(14)10-5-2-6-15;2-1-3/h7,15H,2-6H2,1H3,(H,12,13)(H2,10,11,14);/t7-;/m1./s1. The first-order valence-electron chi connectivity index (χ1n) is 5.34. The lowest BCUT2D eigenvalue weighted by Gasteiger charge is -2.13. The minimum atomic E-state index is -0.848. The van der Waals surface area contributed by atoms with Crippen LogP contribution < -0.4 is 10.6 Å². The van der Waals surface area contributed by atoms with Gasteiger partial charge >= 0.3 is 18.2 Å². The molecule has 8 heteroatoms. The van der Waals surface area contributed by atoms with Crippen molar-refractivity contribution in [3.05, 3.63) is 0 Å². The van der Waals surface area contributed by atoms with Crippen LogP contribution in [0.25, 0.3) is 0 Å². The number of thiol groups is 1. The highest BCUT2D eigenvalue weighted by Crippen LogP contribution is 1.95. The van der Waals surface area contributed by atoms with Crippen LogP contribution in [-0.4, -0.2) is 41.6 Å². The summed E-state index contributed by atoms with van der Waals surface area (Å²) in [6.45, 7) is 2.36. The van der Waals surface area contributed by atoms with E-state index in [1.165, 1.54) is 0 Å². The molecule has 0 aromatic heterocycles. The molecule has 0 fully saturated rings. The van der Waals surface area contributed by atoms with Crippen LogP contribution in [0, 0.1) is 0 Å². The van der Waals surface area contributed by atoms with Gasteiger partial charge in [-0.25, -0.2) is 4.79 Å². The maximum absolute atomic E-state index is 11.2. The van der Waals surface area contributed by atoms with E-state index in [-0.39, 0.29) is 24.6 Å². The number of carboxylic acid groups (broad SMARTS) is 1. The fourth-order valence-corrected chi connectivity index (χ4v) is 1.13. The highest BCUT2D eigenvalue weighted by atomic mass is 32.1. The lowest BCUT2D eigenvalue weighted by Crippen LogP contribution is -2.41. The second-order valence-corrected chi connectivity index (χ2v) is 3.84. The third-order valence-electron chi connectivity index (χ3n) is 1.79. The third kappa shape index (κ3) is 16.9. The van der Waals surface area contributed by atoms with Crippen LogP contribution in [0.1, 0.15) is 26.2 Å². The van der Waals surface area contributed by atoms with Gasteiger partial charge in [-0.2, -0.15) is 22.2 Å². The van der Waals surface area contributed by atoms with Crippen LogP contribution in [0.3, 0.4) is 0 Å². The maximum Gasteiger partial charge on any atom is 0.373 e. The first-order valence-corrected chi connectivity index (χ1v) is 5.97. The molecule has 0 unspecified atom stereocenters. The average molecular weight is 278 g/mol. The van der Waals surface area contributed by atoms with E-state index in [4.69, 9.17) is 14.7 Å². The molecule has 0 aromatic carbocycles. The van der Waals surface area contributed by atoms with E-state index in [2.05, 4.69) is 23.3 Å². The number of hydrogen-bond acceptors (Lipinski definition) is 5. The fraction of sp³-hybridized carbons (Fsp3) is 0.700. The highest BCUT2D eigenvalue weighted by Gasteiger charge is 2.07. The summed E-state index contributed by atoms with van der Waals surface area (Å²) in [7, 11) is 0. The van der Waals surface area contributed by atoms with E-state index in [9.17, 15) is 9.59 Å². The zero-order valence-electron chi connectivity index (χ0n) is 10.1. The van der Waals surface area contributed by atoms with Crippen LogP contribution in [0.15, 0.2) is 0 Å². The largest absolute Gasteiger partial charge is 0.481 e. The van der Waals surface area contributed by atoms with Crippen molar-refractivity contribution in [2.45, 2.75) is 32.2 Å². The average Bonchev–Trinajstić information content (AvgIpc) is 2.28. The van der Waals surface area contributed by atoms with E-state index in [1.807, 2.05) is 0 Å². The summed E-state index contributed by atoms with van der Waals surface area (Å²) in [5.41, 5.74) is 0. The van der Waals surface area contributed by atoms with Crippen molar-refractivity contribution in [1.82, 2.24) is 10.6 Å². The number of urea groups is 1. The first kappa shape index (κ1) is 18.8. The minimum Gasteiger partial charge on any atom is -0.481 e. The van der Waals surface area contributed by atoms with E-state index in [1.54, 1.807) is 6.92 Å². The zero-order valence-corrected chi connectivity index (χ0v) is 11.0. The smallest absolute Gasteiger partial charge is 0.373 e. The third-order valence-corrected chi connectivity index (χ3v) is 2.11. The Morgan fingerprint density at radius 1 is 1.39 bits per heavy atom. The second kappa shape index (κ2) is 13.5. The van der Waals surface area contributed by atoms with Crippen molar-refractivity contribution in [2.75, 3.05) is 12.3 Å². The molecule has 0 bridgehead atoms. The van der Waals surface area contributed by atoms with Gasteiger partial charge in [0.1, 0.15) is 0 Å². The second-order valence-electron chi connectivity index (χ2n) is 3.39. The van der Waals surface area contributed by atoms with Crippen LogP contribution >= 0.6 is 12.6 Å². The van der Waals surface area contributed by atoms with Crippen LogP contribution in [-0.2, 0) is 14.4 Å². The van der Waals surface area contributed by atoms with Crippen LogP contribution in [0.2, 0.25) is 0 Å². The SMILES string of the molecule is C[C@H](CCC(=O)O)NC(=O)NCCCS.O=C=O. The van der Waals surface area contributed by atoms with Gasteiger partial charge in [0.2, 0.25) is 0 Å². The van der Waals surface area contributed by atoms with E-state index in [0.717, 1.165) is 12.2 Å². The van der Waals surface area contributed by atoms with Gasteiger partial charge in [-0.05, 0) is 25.5 Å². The molecule has 18 heavy (non-hydrogen) atoms. The zero-order chi connectivity index (χ0) is 14.4.